The van der Waals surface area contributed by atoms with Crippen LogP contribution in [-0.2, 0) is 11.2 Å². The quantitative estimate of drug-likeness (QED) is 0.612. The zero-order chi connectivity index (χ0) is 20.2. The summed E-state index contributed by atoms with van der Waals surface area (Å²) in [5.41, 5.74) is 3.88. The van der Waals surface area contributed by atoms with E-state index < -0.39 is 0 Å². The zero-order valence-electron chi connectivity index (χ0n) is 16.1. The van der Waals surface area contributed by atoms with Gasteiger partial charge in [0.25, 0.3) is 0 Å². The summed E-state index contributed by atoms with van der Waals surface area (Å²) in [5.74, 6) is 1.95. The first kappa shape index (κ1) is 19.0. The molecule has 1 amide bonds. The summed E-state index contributed by atoms with van der Waals surface area (Å²) in [5, 5.41) is 5.30. The highest BCUT2D eigenvalue weighted by Crippen LogP contribution is 2.32. The Balaban J connectivity index is 1.42. The van der Waals surface area contributed by atoms with Crippen LogP contribution < -0.4 is 19.5 Å². The number of methoxy groups -OCH3 is 2. The molecule has 0 saturated carbocycles. The summed E-state index contributed by atoms with van der Waals surface area (Å²) < 4.78 is 16.0. The van der Waals surface area contributed by atoms with Crippen LogP contribution >= 0.6 is 11.3 Å². The Hall–Kier alpha value is -3.32. The van der Waals surface area contributed by atoms with E-state index in [1.54, 1.807) is 26.4 Å². The van der Waals surface area contributed by atoms with Gasteiger partial charge in [-0.1, -0.05) is 6.07 Å². The molecule has 6 nitrogen and oxygen atoms in total. The number of hydrogen-bond acceptors (Lipinski definition) is 6. The Morgan fingerprint density at radius 2 is 2.03 bits per heavy atom. The van der Waals surface area contributed by atoms with Gasteiger partial charge in [-0.25, -0.2) is 4.98 Å². The van der Waals surface area contributed by atoms with Crippen molar-refractivity contribution in [1.82, 2.24) is 4.98 Å². The fraction of sp³-hybridized carbons (Fsp3) is 0.182. The molecule has 0 unspecified atom stereocenters. The third kappa shape index (κ3) is 4.25. The molecule has 1 aromatic heterocycles. The average molecular weight is 408 g/mol. The minimum atomic E-state index is -0.247. The Bertz CT molecular complexity index is 1070. The molecule has 2 heterocycles. The van der Waals surface area contributed by atoms with Crippen molar-refractivity contribution in [2.75, 3.05) is 26.1 Å². The number of carbonyl (C=O) groups excluding carboxylic acids is 1. The first-order valence-electron chi connectivity index (χ1n) is 9.09. The topological polar surface area (TPSA) is 69.7 Å². The second-order valence-electron chi connectivity index (χ2n) is 6.40. The molecule has 29 heavy (non-hydrogen) atoms. The molecule has 0 bridgehead atoms. The molecule has 0 fully saturated rings. The van der Waals surface area contributed by atoms with Gasteiger partial charge in [0.05, 0.1) is 26.5 Å². The maximum atomic E-state index is 12.3. The number of nitrogens with one attached hydrogen (secondary N) is 1. The summed E-state index contributed by atoms with van der Waals surface area (Å²) >= 11 is 1.39. The second kappa shape index (κ2) is 8.36. The van der Waals surface area contributed by atoms with Gasteiger partial charge in [-0.15, -0.1) is 11.3 Å². The molecular weight excluding hydrogens is 388 g/mol. The molecule has 0 radical (unpaired) electrons. The highest BCUT2D eigenvalue weighted by molar-refractivity contribution is 7.14. The number of aromatic nitrogens is 1. The summed E-state index contributed by atoms with van der Waals surface area (Å²) in [6, 6.07) is 11.5. The molecule has 1 aliphatic rings. The molecule has 2 aromatic carbocycles. The smallest absolute Gasteiger partial charge is 0.250 e. The Kier molecular flexibility index (Phi) is 5.48. The van der Waals surface area contributed by atoms with Crippen molar-refractivity contribution in [2.45, 2.75) is 6.42 Å². The van der Waals surface area contributed by atoms with E-state index >= 15 is 0 Å². The Morgan fingerprint density at radius 1 is 1.17 bits per heavy atom. The Morgan fingerprint density at radius 3 is 2.86 bits per heavy atom. The molecule has 3 aromatic rings. The molecule has 4 rings (SSSR count). The van der Waals surface area contributed by atoms with Crippen molar-refractivity contribution in [1.29, 1.82) is 0 Å². The minimum absolute atomic E-state index is 0.247. The molecule has 0 saturated heterocycles. The predicted molar refractivity (Wildman–Crippen MR) is 114 cm³/mol. The summed E-state index contributed by atoms with van der Waals surface area (Å²) in [6.07, 6.45) is 4.10. The van der Waals surface area contributed by atoms with Crippen LogP contribution in [0.5, 0.6) is 17.2 Å². The third-order valence-corrected chi connectivity index (χ3v) is 5.31. The normalized spacial score (nSPS) is 12.5. The number of anilines is 1. The first-order valence-corrected chi connectivity index (χ1v) is 9.97. The molecular formula is C22H20N2O4S. The van der Waals surface area contributed by atoms with Crippen LogP contribution in [0.4, 0.5) is 5.13 Å². The van der Waals surface area contributed by atoms with Crippen molar-refractivity contribution in [3.8, 4) is 28.5 Å². The zero-order valence-corrected chi connectivity index (χ0v) is 16.9. The van der Waals surface area contributed by atoms with Gasteiger partial charge in [-0.2, -0.15) is 0 Å². The van der Waals surface area contributed by atoms with E-state index in [-0.39, 0.29) is 5.91 Å². The Labute approximate surface area is 172 Å². The molecule has 1 aliphatic heterocycles. The van der Waals surface area contributed by atoms with E-state index in [0.29, 0.717) is 16.6 Å². The summed E-state index contributed by atoms with van der Waals surface area (Å²) in [7, 11) is 3.16. The van der Waals surface area contributed by atoms with Crippen molar-refractivity contribution in [2.24, 2.45) is 0 Å². The van der Waals surface area contributed by atoms with Gasteiger partial charge < -0.3 is 14.2 Å². The standard InChI is InChI=1S/C22H20N2O4S/c1-26-19-6-3-14(11-20(19)27-2)4-8-21(25)24-22-23-17(13-29-22)15-5-7-18-16(12-15)9-10-28-18/h3-8,11-13H,9-10H2,1-2H3,(H,23,24,25)/b8-4+. The lowest BCUT2D eigenvalue weighted by atomic mass is 10.1. The van der Waals surface area contributed by atoms with Gasteiger partial charge in [0.1, 0.15) is 5.75 Å². The van der Waals surface area contributed by atoms with Crippen molar-refractivity contribution < 1.29 is 19.0 Å². The van der Waals surface area contributed by atoms with E-state index in [9.17, 15) is 4.79 Å². The lowest BCUT2D eigenvalue weighted by Crippen LogP contribution is -2.07. The van der Waals surface area contributed by atoms with Gasteiger partial charge >= 0.3 is 0 Å². The van der Waals surface area contributed by atoms with Gasteiger partial charge in [-0.3, -0.25) is 10.1 Å². The van der Waals surface area contributed by atoms with E-state index in [1.807, 2.05) is 29.6 Å². The van der Waals surface area contributed by atoms with Crippen LogP contribution in [0.2, 0.25) is 0 Å². The third-order valence-electron chi connectivity index (χ3n) is 4.55. The van der Waals surface area contributed by atoms with Crippen LogP contribution in [0.25, 0.3) is 17.3 Å². The SMILES string of the molecule is COc1ccc(/C=C/C(=O)Nc2nc(-c3ccc4c(c3)CCO4)cs2)cc1OC. The van der Waals surface area contributed by atoms with Crippen molar-refractivity contribution in [3.05, 3.63) is 59.0 Å². The molecule has 1 N–H and O–H groups in total. The first-order chi connectivity index (χ1) is 14.2. The molecule has 0 atom stereocenters. The van der Waals surface area contributed by atoms with Gasteiger partial charge in [0.15, 0.2) is 16.6 Å². The fourth-order valence-corrected chi connectivity index (χ4v) is 3.81. The fourth-order valence-electron chi connectivity index (χ4n) is 3.09. The van der Waals surface area contributed by atoms with Crippen LogP contribution in [-0.4, -0.2) is 31.7 Å². The van der Waals surface area contributed by atoms with E-state index in [2.05, 4.69) is 16.4 Å². The van der Waals surface area contributed by atoms with Crippen molar-refractivity contribution >= 4 is 28.5 Å². The number of fused-ring (bicyclic) bond motifs is 1. The average Bonchev–Trinajstić information content (AvgIpc) is 3.40. The lowest BCUT2D eigenvalue weighted by Gasteiger charge is -2.07. The molecule has 0 aliphatic carbocycles. The number of carbonyl (C=O) groups is 1. The van der Waals surface area contributed by atoms with E-state index in [4.69, 9.17) is 14.2 Å². The number of benzene rings is 2. The minimum Gasteiger partial charge on any atom is -0.493 e. The van der Waals surface area contributed by atoms with Gasteiger partial charge in [-0.05, 0) is 47.5 Å². The second-order valence-corrected chi connectivity index (χ2v) is 7.25. The van der Waals surface area contributed by atoms with Crippen molar-refractivity contribution in [3.63, 3.8) is 0 Å². The van der Waals surface area contributed by atoms with Crippen LogP contribution in [0.15, 0.2) is 47.9 Å². The van der Waals surface area contributed by atoms with E-state index in [0.717, 1.165) is 35.6 Å². The van der Waals surface area contributed by atoms with Crippen LogP contribution in [0.3, 0.4) is 0 Å². The monoisotopic (exact) mass is 408 g/mol. The predicted octanol–water partition coefficient (Wildman–Crippen LogP) is 4.41. The van der Waals surface area contributed by atoms with E-state index in [1.165, 1.54) is 23.0 Å². The lowest BCUT2D eigenvalue weighted by molar-refractivity contribution is -0.111. The highest BCUT2D eigenvalue weighted by Gasteiger charge is 2.14. The number of nitrogens with zero attached hydrogens (tertiary/aromatic N) is 1. The van der Waals surface area contributed by atoms with Gasteiger partial charge in [0, 0.05) is 23.4 Å². The largest absolute Gasteiger partial charge is 0.493 e. The number of rotatable bonds is 6. The number of amides is 1. The number of hydrogen-bond donors (Lipinski definition) is 1. The highest BCUT2D eigenvalue weighted by atomic mass is 32.1. The molecule has 0 spiro atoms. The maximum absolute atomic E-state index is 12.3. The number of thiazole rings is 1. The number of ether oxygens (including phenoxy) is 3. The summed E-state index contributed by atoms with van der Waals surface area (Å²) in [4.78, 5) is 16.8. The van der Waals surface area contributed by atoms with Gasteiger partial charge in [0.2, 0.25) is 5.91 Å². The summed E-state index contributed by atoms with van der Waals surface area (Å²) in [6.45, 7) is 0.726. The molecule has 148 valence electrons. The van der Waals surface area contributed by atoms with Crippen LogP contribution in [0.1, 0.15) is 11.1 Å². The molecule has 7 heteroatoms. The maximum Gasteiger partial charge on any atom is 0.250 e. The van der Waals surface area contributed by atoms with Crippen LogP contribution in [0, 0.1) is 0 Å².